The lowest BCUT2D eigenvalue weighted by atomic mass is 10.1. The third kappa shape index (κ3) is 5.28. The first-order valence-electron chi connectivity index (χ1n) is 5.78. The van der Waals surface area contributed by atoms with Crippen LogP contribution >= 0.6 is 0 Å². The highest BCUT2D eigenvalue weighted by Crippen LogP contribution is 2.21. The molecule has 0 saturated carbocycles. The molecule has 17 heavy (non-hydrogen) atoms. The monoisotopic (exact) mass is 244 g/mol. The summed E-state index contributed by atoms with van der Waals surface area (Å²) in [7, 11) is 0. The molecule has 1 fully saturated rings. The Morgan fingerprint density at radius 2 is 2.06 bits per heavy atom. The molecule has 1 aliphatic heterocycles. The fraction of sp³-hybridized carbons (Fsp3) is 0.833. The first-order valence-corrected chi connectivity index (χ1v) is 5.78. The number of hydrogen-bond donors (Lipinski definition) is 0. The fourth-order valence-electron chi connectivity index (χ4n) is 1.71. The van der Waals surface area contributed by atoms with E-state index in [1.54, 1.807) is 6.92 Å². The van der Waals surface area contributed by atoms with Crippen LogP contribution in [0.2, 0.25) is 0 Å². The molecule has 0 spiro atoms. The lowest BCUT2D eigenvalue weighted by molar-refractivity contribution is -0.229. The van der Waals surface area contributed by atoms with Gasteiger partial charge in [-0.1, -0.05) is 0 Å². The molecule has 0 N–H and O–H groups in total. The van der Waals surface area contributed by atoms with Gasteiger partial charge >= 0.3 is 5.97 Å². The number of rotatable bonds is 3. The van der Waals surface area contributed by atoms with E-state index in [-0.39, 0.29) is 18.5 Å². The predicted molar refractivity (Wildman–Crippen MR) is 60.4 cm³/mol. The van der Waals surface area contributed by atoms with Gasteiger partial charge in [0.15, 0.2) is 6.29 Å². The molecule has 5 heteroatoms. The van der Waals surface area contributed by atoms with Gasteiger partial charge in [0.1, 0.15) is 18.0 Å². The minimum atomic E-state index is -0.502. The Kier molecular flexibility index (Phi) is 4.65. The highest BCUT2D eigenvalue weighted by Gasteiger charge is 2.30. The quantitative estimate of drug-likeness (QED) is 0.555. The summed E-state index contributed by atoms with van der Waals surface area (Å²) < 4.78 is 15.8. The molecule has 3 atom stereocenters. The molecule has 0 aromatic carbocycles. The number of hydrogen-bond acceptors (Lipinski definition) is 5. The smallest absolute Gasteiger partial charge is 0.308 e. The van der Waals surface area contributed by atoms with Gasteiger partial charge in [-0.05, 0) is 27.7 Å². The molecule has 5 nitrogen and oxygen atoms in total. The van der Waals surface area contributed by atoms with Crippen molar-refractivity contribution in [3.05, 3.63) is 0 Å². The average Bonchev–Trinajstić information content (AvgIpc) is 2.13. The Morgan fingerprint density at radius 3 is 2.59 bits per heavy atom. The van der Waals surface area contributed by atoms with Gasteiger partial charge in [0.25, 0.3) is 0 Å². The zero-order valence-corrected chi connectivity index (χ0v) is 10.8. The summed E-state index contributed by atoms with van der Waals surface area (Å²) in [6.45, 7) is 7.14. The summed E-state index contributed by atoms with van der Waals surface area (Å²) in [6.07, 6.45) is 0.00475. The summed E-state index contributed by atoms with van der Waals surface area (Å²) >= 11 is 0. The Morgan fingerprint density at radius 1 is 1.41 bits per heavy atom. The zero-order chi connectivity index (χ0) is 13.1. The van der Waals surface area contributed by atoms with Gasteiger partial charge < -0.3 is 19.0 Å². The fourth-order valence-corrected chi connectivity index (χ4v) is 1.71. The molecule has 0 amide bonds. The number of esters is 1. The molecule has 0 aromatic rings. The number of carbonyl (C=O) groups is 2. The zero-order valence-electron chi connectivity index (χ0n) is 10.8. The van der Waals surface area contributed by atoms with E-state index in [1.165, 1.54) is 0 Å². The van der Waals surface area contributed by atoms with Crippen molar-refractivity contribution in [3.63, 3.8) is 0 Å². The Balaban J connectivity index is 2.45. The highest BCUT2D eigenvalue weighted by atomic mass is 16.7. The van der Waals surface area contributed by atoms with E-state index in [1.807, 2.05) is 20.8 Å². The van der Waals surface area contributed by atoms with Crippen LogP contribution in [0.5, 0.6) is 0 Å². The lowest BCUT2D eigenvalue weighted by Gasteiger charge is -2.31. The molecule has 1 heterocycles. The third-order valence-corrected chi connectivity index (χ3v) is 2.21. The van der Waals surface area contributed by atoms with Gasteiger partial charge in [-0.3, -0.25) is 4.79 Å². The van der Waals surface area contributed by atoms with Crippen molar-refractivity contribution in [2.75, 3.05) is 0 Å². The van der Waals surface area contributed by atoms with Crippen LogP contribution in [0.3, 0.4) is 0 Å². The molecule has 0 aromatic heterocycles. The summed E-state index contributed by atoms with van der Waals surface area (Å²) in [5.41, 5.74) is -0.502. The largest absolute Gasteiger partial charge is 0.460 e. The molecule has 98 valence electrons. The van der Waals surface area contributed by atoms with Gasteiger partial charge in [-0.15, -0.1) is 0 Å². The van der Waals surface area contributed by atoms with Crippen LogP contribution in [-0.4, -0.2) is 36.4 Å². The van der Waals surface area contributed by atoms with Crippen LogP contribution in [0.4, 0.5) is 0 Å². The predicted octanol–water partition coefficient (Wildman–Crippen LogP) is 1.44. The van der Waals surface area contributed by atoms with Crippen molar-refractivity contribution < 1.29 is 23.8 Å². The van der Waals surface area contributed by atoms with Gasteiger partial charge in [-0.25, -0.2) is 0 Å². The van der Waals surface area contributed by atoms with Crippen LogP contribution < -0.4 is 0 Å². The SMILES string of the molecule is CC1O[C@@H](CC(=O)OC(C)(C)C)C[C@@H](C=O)O1. The van der Waals surface area contributed by atoms with Crippen LogP contribution in [0.25, 0.3) is 0 Å². The normalized spacial score (nSPS) is 29.8. The van der Waals surface area contributed by atoms with Crippen molar-refractivity contribution in [2.45, 2.75) is 64.6 Å². The number of ether oxygens (including phenoxy) is 3. The van der Waals surface area contributed by atoms with Crippen molar-refractivity contribution in [1.82, 2.24) is 0 Å². The second-order valence-electron chi connectivity index (χ2n) is 5.16. The molecule has 1 rings (SSSR count). The molecule has 1 saturated heterocycles. The maximum atomic E-state index is 11.6. The van der Waals surface area contributed by atoms with E-state index in [9.17, 15) is 9.59 Å². The second kappa shape index (κ2) is 5.60. The first-order chi connectivity index (χ1) is 7.80. The number of carbonyl (C=O) groups excluding carboxylic acids is 2. The summed E-state index contributed by atoms with van der Waals surface area (Å²) in [6, 6.07) is 0. The van der Waals surface area contributed by atoms with Gasteiger partial charge in [0.05, 0.1) is 12.5 Å². The van der Waals surface area contributed by atoms with E-state index >= 15 is 0 Å². The Bertz CT molecular complexity index is 281. The highest BCUT2D eigenvalue weighted by molar-refractivity contribution is 5.70. The molecular formula is C12H20O5. The van der Waals surface area contributed by atoms with Crippen LogP contribution in [-0.2, 0) is 23.8 Å². The molecule has 1 unspecified atom stereocenters. The van der Waals surface area contributed by atoms with Gasteiger partial charge in [-0.2, -0.15) is 0 Å². The van der Waals surface area contributed by atoms with Crippen LogP contribution in [0, 0.1) is 0 Å². The molecule has 1 aliphatic rings. The van der Waals surface area contributed by atoms with Crippen molar-refractivity contribution >= 4 is 12.3 Å². The van der Waals surface area contributed by atoms with Crippen LogP contribution in [0.1, 0.15) is 40.5 Å². The number of aldehydes is 1. The standard InChI is InChI=1S/C12H20O5/c1-8-15-9(5-10(7-13)16-8)6-11(14)17-12(2,3)4/h7-10H,5-6H2,1-4H3/t8?,9-,10+/m1/s1. The molecule has 0 radical (unpaired) electrons. The van der Waals surface area contributed by atoms with E-state index < -0.39 is 18.0 Å². The van der Waals surface area contributed by atoms with Crippen molar-refractivity contribution in [1.29, 1.82) is 0 Å². The molecule has 0 bridgehead atoms. The maximum absolute atomic E-state index is 11.6. The third-order valence-electron chi connectivity index (χ3n) is 2.21. The summed E-state index contributed by atoms with van der Waals surface area (Å²) in [5, 5.41) is 0. The van der Waals surface area contributed by atoms with E-state index in [0.29, 0.717) is 6.42 Å². The lowest BCUT2D eigenvalue weighted by Crippen LogP contribution is -2.39. The van der Waals surface area contributed by atoms with E-state index in [2.05, 4.69) is 0 Å². The maximum Gasteiger partial charge on any atom is 0.308 e. The Labute approximate surface area is 101 Å². The minimum absolute atomic E-state index is 0.148. The van der Waals surface area contributed by atoms with Gasteiger partial charge in [0, 0.05) is 6.42 Å². The van der Waals surface area contributed by atoms with E-state index in [4.69, 9.17) is 14.2 Å². The van der Waals surface area contributed by atoms with E-state index in [0.717, 1.165) is 6.29 Å². The summed E-state index contributed by atoms with van der Waals surface area (Å²) in [5.74, 6) is -0.318. The van der Waals surface area contributed by atoms with Crippen LogP contribution in [0.15, 0.2) is 0 Å². The average molecular weight is 244 g/mol. The molecular weight excluding hydrogens is 224 g/mol. The first kappa shape index (κ1) is 14.1. The second-order valence-corrected chi connectivity index (χ2v) is 5.16. The summed E-state index contributed by atoms with van der Waals surface area (Å²) in [4.78, 5) is 22.3. The Hall–Kier alpha value is -0.940. The van der Waals surface area contributed by atoms with Crippen molar-refractivity contribution in [3.8, 4) is 0 Å². The molecule has 0 aliphatic carbocycles. The topological polar surface area (TPSA) is 61.8 Å². The van der Waals surface area contributed by atoms with Crippen molar-refractivity contribution in [2.24, 2.45) is 0 Å². The minimum Gasteiger partial charge on any atom is -0.460 e. The van der Waals surface area contributed by atoms with Gasteiger partial charge in [0.2, 0.25) is 0 Å².